The highest BCUT2D eigenvalue weighted by Gasteiger charge is 2.05. The molecule has 4 heteroatoms. The standard InChI is InChI=1S/C13H19N3S/c1-10(2)16-9-15-6-13(16)5-14-4-12-8-17-7-11(12)3/h6-10,14H,4-5H2,1-3H3. The molecular weight excluding hydrogens is 230 g/mol. The molecule has 2 aromatic heterocycles. The first-order valence-electron chi connectivity index (χ1n) is 5.91. The van der Waals surface area contributed by atoms with Crippen molar-refractivity contribution in [2.24, 2.45) is 0 Å². The number of hydrogen-bond donors (Lipinski definition) is 1. The van der Waals surface area contributed by atoms with Crippen LogP contribution in [0.3, 0.4) is 0 Å². The van der Waals surface area contributed by atoms with Crippen LogP contribution < -0.4 is 5.32 Å². The summed E-state index contributed by atoms with van der Waals surface area (Å²) in [6, 6.07) is 0.470. The molecule has 92 valence electrons. The van der Waals surface area contributed by atoms with E-state index in [1.54, 1.807) is 11.3 Å². The van der Waals surface area contributed by atoms with Gasteiger partial charge in [0, 0.05) is 25.3 Å². The number of aromatic nitrogens is 2. The van der Waals surface area contributed by atoms with Gasteiger partial charge in [0.25, 0.3) is 0 Å². The van der Waals surface area contributed by atoms with E-state index in [4.69, 9.17) is 0 Å². The summed E-state index contributed by atoms with van der Waals surface area (Å²) in [4.78, 5) is 4.20. The predicted molar refractivity (Wildman–Crippen MR) is 72.2 cm³/mol. The number of rotatable bonds is 5. The zero-order chi connectivity index (χ0) is 12.3. The molecule has 0 atom stereocenters. The number of hydrogen-bond acceptors (Lipinski definition) is 3. The molecule has 0 saturated heterocycles. The molecule has 0 aliphatic rings. The minimum absolute atomic E-state index is 0.470. The van der Waals surface area contributed by atoms with Crippen LogP contribution in [0.15, 0.2) is 23.3 Å². The first-order valence-corrected chi connectivity index (χ1v) is 6.86. The van der Waals surface area contributed by atoms with Crippen LogP contribution in [0.4, 0.5) is 0 Å². The lowest BCUT2D eigenvalue weighted by molar-refractivity contribution is 0.550. The first kappa shape index (κ1) is 12.3. The number of nitrogens with one attached hydrogen (secondary N) is 1. The van der Waals surface area contributed by atoms with Crippen molar-refractivity contribution in [3.8, 4) is 0 Å². The van der Waals surface area contributed by atoms with Crippen molar-refractivity contribution in [1.82, 2.24) is 14.9 Å². The van der Waals surface area contributed by atoms with Gasteiger partial charge >= 0.3 is 0 Å². The fourth-order valence-corrected chi connectivity index (χ4v) is 2.68. The molecule has 0 aliphatic carbocycles. The quantitative estimate of drug-likeness (QED) is 0.882. The number of aryl methyl sites for hydroxylation is 1. The minimum Gasteiger partial charge on any atom is -0.331 e. The van der Waals surface area contributed by atoms with Gasteiger partial charge in [0.15, 0.2) is 0 Å². The molecular formula is C13H19N3S. The molecule has 1 N–H and O–H groups in total. The van der Waals surface area contributed by atoms with Crippen LogP contribution in [-0.2, 0) is 13.1 Å². The zero-order valence-electron chi connectivity index (χ0n) is 10.6. The molecule has 0 aromatic carbocycles. The van der Waals surface area contributed by atoms with Crippen LogP contribution >= 0.6 is 11.3 Å². The topological polar surface area (TPSA) is 29.9 Å². The van der Waals surface area contributed by atoms with E-state index in [0.29, 0.717) is 6.04 Å². The molecule has 0 unspecified atom stereocenters. The van der Waals surface area contributed by atoms with Crippen LogP contribution in [0.2, 0.25) is 0 Å². The van der Waals surface area contributed by atoms with Crippen molar-refractivity contribution in [3.63, 3.8) is 0 Å². The molecule has 2 rings (SSSR count). The average molecular weight is 249 g/mol. The zero-order valence-corrected chi connectivity index (χ0v) is 11.4. The maximum absolute atomic E-state index is 4.20. The summed E-state index contributed by atoms with van der Waals surface area (Å²) in [6.07, 6.45) is 3.84. The molecule has 0 spiro atoms. The molecule has 0 fully saturated rings. The Morgan fingerprint density at radius 3 is 2.82 bits per heavy atom. The van der Waals surface area contributed by atoms with Gasteiger partial charge in [-0.2, -0.15) is 11.3 Å². The SMILES string of the molecule is Cc1cscc1CNCc1cncn1C(C)C. The summed E-state index contributed by atoms with van der Waals surface area (Å²) < 4.78 is 2.20. The molecule has 2 aromatic rings. The third kappa shape index (κ3) is 2.96. The Labute approximate surface area is 107 Å². The van der Waals surface area contributed by atoms with Crippen molar-refractivity contribution in [2.75, 3.05) is 0 Å². The third-order valence-electron chi connectivity index (χ3n) is 2.89. The molecule has 0 radical (unpaired) electrons. The second-order valence-electron chi connectivity index (χ2n) is 4.57. The highest BCUT2D eigenvalue weighted by Crippen LogP contribution is 2.13. The van der Waals surface area contributed by atoms with Crippen molar-refractivity contribution in [2.45, 2.75) is 39.9 Å². The number of thiophene rings is 1. The van der Waals surface area contributed by atoms with Gasteiger partial charge in [-0.1, -0.05) is 0 Å². The molecule has 2 heterocycles. The van der Waals surface area contributed by atoms with Crippen molar-refractivity contribution in [3.05, 3.63) is 40.1 Å². The Balaban J connectivity index is 1.90. The highest BCUT2D eigenvalue weighted by atomic mass is 32.1. The summed E-state index contributed by atoms with van der Waals surface area (Å²) in [6.45, 7) is 8.31. The number of nitrogens with zero attached hydrogens (tertiary/aromatic N) is 2. The Bertz CT molecular complexity index is 470. The Hall–Kier alpha value is -1.13. The monoisotopic (exact) mass is 249 g/mol. The fourth-order valence-electron chi connectivity index (χ4n) is 1.83. The summed E-state index contributed by atoms with van der Waals surface area (Å²) >= 11 is 1.76. The largest absolute Gasteiger partial charge is 0.331 e. The second-order valence-corrected chi connectivity index (χ2v) is 5.31. The molecule has 0 amide bonds. The molecule has 0 saturated carbocycles. The van der Waals surface area contributed by atoms with E-state index in [9.17, 15) is 0 Å². The van der Waals surface area contributed by atoms with Crippen LogP contribution in [-0.4, -0.2) is 9.55 Å². The second kappa shape index (κ2) is 5.47. The lowest BCUT2D eigenvalue weighted by Crippen LogP contribution is -2.16. The van der Waals surface area contributed by atoms with E-state index in [1.165, 1.54) is 16.8 Å². The van der Waals surface area contributed by atoms with Gasteiger partial charge < -0.3 is 9.88 Å². The molecule has 0 bridgehead atoms. The maximum Gasteiger partial charge on any atom is 0.0951 e. The fraction of sp³-hybridized carbons (Fsp3) is 0.462. The van der Waals surface area contributed by atoms with E-state index in [-0.39, 0.29) is 0 Å². The van der Waals surface area contributed by atoms with Gasteiger partial charge in [0.05, 0.1) is 12.0 Å². The summed E-state index contributed by atoms with van der Waals surface area (Å²) in [5.41, 5.74) is 4.01. The van der Waals surface area contributed by atoms with E-state index in [0.717, 1.165) is 13.1 Å². The van der Waals surface area contributed by atoms with Gasteiger partial charge in [-0.15, -0.1) is 0 Å². The van der Waals surface area contributed by atoms with E-state index < -0.39 is 0 Å². The highest BCUT2D eigenvalue weighted by molar-refractivity contribution is 7.08. The van der Waals surface area contributed by atoms with Crippen LogP contribution in [0.1, 0.15) is 36.7 Å². The van der Waals surface area contributed by atoms with E-state index in [2.05, 4.69) is 46.4 Å². The van der Waals surface area contributed by atoms with Gasteiger partial charge in [-0.25, -0.2) is 4.98 Å². The summed E-state index contributed by atoms with van der Waals surface area (Å²) in [7, 11) is 0. The van der Waals surface area contributed by atoms with Crippen molar-refractivity contribution < 1.29 is 0 Å². The van der Waals surface area contributed by atoms with Crippen LogP contribution in [0.25, 0.3) is 0 Å². The minimum atomic E-state index is 0.470. The van der Waals surface area contributed by atoms with Gasteiger partial charge in [-0.05, 0) is 42.7 Å². The van der Waals surface area contributed by atoms with E-state index >= 15 is 0 Å². The third-order valence-corrected chi connectivity index (χ3v) is 3.80. The smallest absolute Gasteiger partial charge is 0.0951 e. The molecule has 0 aliphatic heterocycles. The molecule has 3 nitrogen and oxygen atoms in total. The number of imidazole rings is 1. The normalized spacial score (nSPS) is 11.3. The van der Waals surface area contributed by atoms with Gasteiger partial charge in [-0.3, -0.25) is 0 Å². The summed E-state index contributed by atoms with van der Waals surface area (Å²) in [5.74, 6) is 0. The van der Waals surface area contributed by atoms with Crippen LogP contribution in [0, 0.1) is 6.92 Å². The van der Waals surface area contributed by atoms with Crippen LogP contribution in [0.5, 0.6) is 0 Å². The Morgan fingerprint density at radius 1 is 1.35 bits per heavy atom. The average Bonchev–Trinajstić information content (AvgIpc) is 2.88. The predicted octanol–water partition coefficient (Wildman–Crippen LogP) is 3.12. The van der Waals surface area contributed by atoms with Gasteiger partial charge in [0.1, 0.15) is 0 Å². The maximum atomic E-state index is 4.20. The summed E-state index contributed by atoms with van der Waals surface area (Å²) in [5, 5.41) is 7.87. The lowest BCUT2D eigenvalue weighted by Gasteiger charge is -2.12. The lowest BCUT2D eigenvalue weighted by atomic mass is 10.2. The Kier molecular flexibility index (Phi) is 3.97. The molecule has 17 heavy (non-hydrogen) atoms. The Morgan fingerprint density at radius 2 is 2.18 bits per heavy atom. The first-order chi connectivity index (χ1) is 8.18. The van der Waals surface area contributed by atoms with E-state index in [1.807, 2.05) is 12.5 Å². The van der Waals surface area contributed by atoms with Gasteiger partial charge in [0.2, 0.25) is 0 Å². The van der Waals surface area contributed by atoms with Crippen molar-refractivity contribution >= 4 is 11.3 Å². The van der Waals surface area contributed by atoms with Crippen molar-refractivity contribution in [1.29, 1.82) is 0 Å².